The summed E-state index contributed by atoms with van der Waals surface area (Å²) in [5.41, 5.74) is 1.41. The summed E-state index contributed by atoms with van der Waals surface area (Å²) in [6, 6.07) is 13.8. The zero-order valence-electron chi connectivity index (χ0n) is 21.2. The van der Waals surface area contributed by atoms with Crippen LogP contribution in [-0.2, 0) is 19.6 Å². The van der Waals surface area contributed by atoms with Crippen LogP contribution < -0.4 is 10.0 Å². The molecule has 0 saturated heterocycles. The summed E-state index contributed by atoms with van der Waals surface area (Å²) in [5, 5.41) is 11.6. The second kappa shape index (κ2) is 12.0. The van der Waals surface area contributed by atoms with Gasteiger partial charge < -0.3 is 10.1 Å². The van der Waals surface area contributed by atoms with Crippen molar-refractivity contribution in [1.82, 2.24) is 24.7 Å². The number of carbonyl (C=O) groups is 2. The largest absolute Gasteiger partial charge is 0.449 e. The molecule has 39 heavy (non-hydrogen) atoms. The highest BCUT2D eigenvalue weighted by molar-refractivity contribution is 7.98. The monoisotopic (exact) mass is 567 g/mol. The standard InChI is InChI=1S/C25H25N7O5S2/c1-4-21(37-23(34)17-6-10-19(11-7-17)32-16(2)29-30-25(32)38-3)22(33)28-18-8-12-20(13-9-18)39(35,36)31-24-26-14-5-15-27-24/h5-15,21H,4H2,1-3H3,(H,28,33)(H,26,27,31). The van der Waals surface area contributed by atoms with Crippen LogP contribution in [0.3, 0.4) is 0 Å². The molecule has 0 radical (unpaired) electrons. The van der Waals surface area contributed by atoms with Crippen LogP contribution in [0.15, 0.2) is 77.0 Å². The average Bonchev–Trinajstić information content (AvgIpc) is 3.32. The molecule has 0 aliphatic heterocycles. The number of aryl methyl sites for hydroxylation is 1. The van der Waals surface area contributed by atoms with Crippen LogP contribution in [0, 0.1) is 6.92 Å². The lowest BCUT2D eigenvalue weighted by molar-refractivity contribution is -0.124. The highest BCUT2D eigenvalue weighted by Gasteiger charge is 2.23. The first kappa shape index (κ1) is 27.7. The predicted molar refractivity (Wildman–Crippen MR) is 145 cm³/mol. The van der Waals surface area contributed by atoms with Gasteiger partial charge in [-0.15, -0.1) is 10.2 Å². The molecule has 0 aliphatic carbocycles. The van der Waals surface area contributed by atoms with E-state index in [9.17, 15) is 18.0 Å². The normalized spacial score (nSPS) is 12.0. The molecule has 0 bridgehead atoms. The molecule has 1 amide bonds. The molecule has 1 unspecified atom stereocenters. The Balaban J connectivity index is 1.38. The van der Waals surface area contributed by atoms with Gasteiger partial charge in [-0.3, -0.25) is 9.36 Å². The van der Waals surface area contributed by atoms with E-state index in [0.717, 1.165) is 10.8 Å². The number of carbonyl (C=O) groups excluding carboxylic acids is 2. The van der Waals surface area contributed by atoms with Crippen LogP contribution in [0.5, 0.6) is 0 Å². The highest BCUT2D eigenvalue weighted by atomic mass is 32.2. The molecule has 2 heterocycles. The Bertz CT molecular complexity index is 1560. The van der Waals surface area contributed by atoms with Crippen molar-refractivity contribution >= 4 is 45.3 Å². The van der Waals surface area contributed by atoms with E-state index in [0.29, 0.717) is 11.5 Å². The molecule has 0 spiro atoms. The third kappa shape index (κ3) is 6.59. The minimum absolute atomic E-state index is 0.0406. The van der Waals surface area contributed by atoms with E-state index in [1.807, 2.05) is 17.7 Å². The molecule has 2 aromatic heterocycles. The van der Waals surface area contributed by atoms with Crippen LogP contribution in [0.4, 0.5) is 11.6 Å². The lowest BCUT2D eigenvalue weighted by Crippen LogP contribution is -2.32. The quantitative estimate of drug-likeness (QED) is 0.215. The van der Waals surface area contributed by atoms with Gasteiger partial charge in [0.05, 0.1) is 10.5 Å². The molecule has 2 N–H and O–H groups in total. The molecular weight excluding hydrogens is 542 g/mol. The van der Waals surface area contributed by atoms with Crippen molar-refractivity contribution < 1.29 is 22.7 Å². The summed E-state index contributed by atoms with van der Waals surface area (Å²) in [7, 11) is -3.92. The Hall–Kier alpha value is -4.30. The zero-order valence-corrected chi connectivity index (χ0v) is 22.9. The maximum absolute atomic E-state index is 12.8. The number of nitrogens with one attached hydrogen (secondary N) is 2. The van der Waals surface area contributed by atoms with Gasteiger partial charge in [0.2, 0.25) is 5.95 Å². The Morgan fingerprint density at radius 2 is 1.69 bits per heavy atom. The van der Waals surface area contributed by atoms with Crippen LogP contribution in [0.25, 0.3) is 5.69 Å². The van der Waals surface area contributed by atoms with Gasteiger partial charge in [0.25, 0.3) is 15.9 Å². The number of rotatable bonds is 10. The van der Waals surface area contributed by atoms with Gasteiger partial charge in [-0.25, -0.2) is 27.9 Å². The Kier molecular flexibility index (Phi) is 8.56. The first-order chi connectivity index (χ1) is 18.7. The fourth-order valence-electron chi connectivity index (χ4n) is 3.51. The first-order valence-electron chi connectivity index (χ1n) is 11.7. The lowest BCUT2D eigenvalue weighted by Gasteiger charge is -2.16. The van der Waals surface area contributed by atoms with Crippen molar-refractivity contribution in [2.45, 2.75) is 36.4 Å². The van der Waals surface area contributed by atoms with Crippen LogP contribution in [-0.4, -0.2) is 57.4 Å². The number of sulfonamides is 1. The van der Waals surface area contributed by atoms with Crippen LogP contribution in [0.2, 0.25) is 0 Å². The molecule has 4 rings (SSSR count). The van der Waals surface area contributed by atoms with E-state index in [-0.39, 0.29) is 22.8 Å². The topological polar surface area (TPSA) is 158 Å². The Labute approximate surface area is 229 Å². The number of ether oxygens (including phenoxy) is 1. The van der Waals surface area contributed by atoms with Gasteiger partial charge in [0.15, 0.2) is 11.3 Å². The zero-order chi connectivity index (χ0) is 28.0. The molecule has 0 fully saturated rings. The second-order valence-electron chi connectivity index (χ2n) is 8.11. The summed E-state index contributed by atoms with van der Waals surface area (Å²) in [4.78, 5) is 33.2. The smallest absolute Gasteiger partial charge is 0.338 e. The van der Waals surface area contributed by atoms with Gasteiger partial charge in [0.1, 0.15) is 5.82 Å². The second-order valence-corrected chi connectivity index (χ2v) is 10.6. The molecule has 0 saturated carbocycles. The van der Waals surface area contributed by atoms with Crippen molar-refractivity contribution in [2.24, 2.45) is 0 Å². The molecule has 4 aromatic rings. The molecule has 202 valence electrons. The number of thioether (sulfide) groups is 1. The van der Waals surface area contributed by atoms with Crippen molar-refractivity contribution in [2.75, 3.05) is 16.3 Å². The van der Waals surface area contributed by atoms with E-state index < -0.39 is 28.0 Å². The molecule has 14 heteroatoms. The summed E-state index contributed by atoms with van der Waals surface area (Å²) >= 11 is 1.45. The Morgan fingerprint density at radius 3 is 2.31 bits per heavy atom. The van der Waals surface area contributed by atoms with Crippen LogP contribution in [0.1, 0.15) is 29.5 Å². The van der Waals surface area contributed by atoms with Gasteiger partial charge in [0, 0.05) is 23.8 Å². The van der Waals surface area contributed by atoms with Crippen molar-refractivity contribution in [1.29, 1.82) is 0 Å². The molecular formula is C25H25N7O5S2. The summed E-state index contributed by atoms with van der Waals surface area (Å²) < 4.78 is 34.7. The number of amides is 1. The first-order valence-corrected chi connectivity index (χ1v) is 14.4. The number of aromatic nitrogens is 5. The van der Waals surface area contributed by atoms with Gasteiger partial charge in [-0.2, -0.15) is 0 Å². The summed E-state index contributed by atoms with van der Waals surface area (Å²) in [6.07, 6.45) is 3.91. The van der Waals surface area contributed by atoms with Crippen LogP contribution >= 0.6 is 11.8 Å². The van der Waals surface area contributed by atoms with Gasteiger partial charge in [-0.1, -0.05) is 18.7 Å². The van der Waals surface area contributed by atoms with Crippen molar-refractivity contribution in [3.63, 3.8) is 0 Å². The predicted octanol–water partition coefficient (Wildman–Crippen LogP) is 3.46. The number of hydrogen-bond donors (Lipinski definition) is 2. The van der Waals surface area contributed by atoms with Gasteiger partial charge >= 0.3 is 5.97 Å². The average molecular weight is 568 g/mol. The number of esters is 1. The Morgan fingerprint density at radius 1 is 1.03 bits per heavy atom. The van der Waals surface area contributed by atoms with E-state index in [4.69, 9.17) is 4.74 Å². The fourth-order valence-corrected chi connectivity index (χ4v) is 5.01. The van der Waals surface area contributed by atoms with Crippen molar-refractivity contribution in [3.8, 4) is 5.69 Å². The molecule has 0 aliphatic rings. The maximum Gasteiger partial charge on any atom is 0.338 e. The van der Waals surface area contributed by atoms with E-state index in [1.165, 1.54) is 48.4 Å². The van der Waals surface area contributed by atoms with E-state index in [1.54, 1.807) is 37.3 Å². The lowest BCUT2D eigenvalue weighted by atomic mass is 10.2. The van der Waals surface area contributed by atoms with Gasteiger partial charge in [-0.05, 0) is 74.2 Å². The number of benzene rings is 2. The number of nitrogens with zero attached hydrogens (tertiary/aromatic N) is 5. The van der Waals surface area contributed by atoms with E-state index >= 15 is 0 Å². The summed E-state index contributed by atoms with van der Waals surface area (Å²) in [6.45, 7) is 3.55. The third-order valence-corrected chi connectivity index (χ3v) is 7.45. The molecule has 12 nitrogen and oxygen atoms in total. The van der Waals surface area contributed by atoms with Crippen molar-refractivity contribution in [3.05, 3.63) is 78.4 Å². The minimum atomic E-state index is -3.92. The molecule has 2 aromatic carbocycles. The highest BCUT2D eigenvalue weighted by Crippen LogP contribution is 2.21. The fraction of sp³-hybridized carbons (Fsp3) is 0.200. The summed E-state index contributed by atoms with van der Waals surface area (Å²) in [5.74, 6) is -0.538. The number of anilines is 2. The molecule has 1 atom stereocenters. The third-order valence-electron chi connectivity index (χ3n) is 5.48. The minimum Gasteiger partial charge on any atom is -0.449 e. The SMILES string of the molecule is CCC(OC(=O)c1ccc(-n2c(C)nnc2SC)cc1)C(=O)Nc1ccc(S(=O)(=O)Nc2ncccn2)cc1. The maximum atomic E-state index is 12.8. The van der Waals surface area contributed by atoms with E-state index in [2.05, 4.69) is 30.2 Å². The number of hydrogen-bond acceptors (Lipinski definition) is 10.